The molecule has 0 bridgehead atoms. The van der Waals surface area contributed by atoms with E-state index in [1.54, 1.807) is 74.0 Å². The van der Waals surface area contributed by atoms with Gasteiger partial charge < -0.3 is 19.6 Å². The lowest BCUT2D eigenvalue weighted by atomic mass is 9.84. The van der Waals surface area contributed by atoms with E-state index in [1.807, 2.05) is 6.07 Å². The molecular weight excluding hydrogens is 577 g/mol. The maximum atomic E-state index is 13.8. The number of likely N-dealkylation sites (tertiary alicyclic amines) is 2. The second-order valence-corrected chi connectivity index (χ2v) is 12.6. The summed E-state index contributed by atoms with van der Waals surface area (Å²) in [5.41, 5.74) is 0.603. The SMILES string of the molecule is CN(C(=O)c1ccc(Cl)cc1)[C@@H]1CCN(C(=O)[C@H]2C[C@@H](O)CN2C(=O)OC(C)(C)C)C[C@H]1c1ccc(Cl)c(Cl)c1. The molecule has 4 atom stereocenters. The van der Waals surface area contributed by atoms with Crippen LogP contribution >= 0.6 is 34.8 Å². The number of piperidine rings is 1. The number of benzene rings is 2. The molecule has 2 saturated heterocycles. The van der Waals surface area contributed by atoms with Crippen LogP contribution in [0.1, 0.15) is 55.5 Å². The quantitative estimate of drug-likeness (QED) is 0.496. The Hall–Kier alpha value is -2.52. The molecule has 40 heavy (non-hydrogen) atoms. The maximum Gasteiger partial charge on any atom is 0.411 e. The lowest BCUT2D eigenvalue weighted by Crippen LogP contribution is -2.55. The van der Waals surface area contributed by atoms with E-state index in [4.69, 9.17) is 39.5 Å². The molecule has 8 nitrogen and oxygen atoms in total. The minimum Gasteiger partial charge on any atom is -0.444 e. The van der Waals surface area contributed by atoms with Crippen molar-refractivity contribution < 1.29 is 24.2 Å². The first-order chi connectivity index (χ1) is 18.7. The third-order valence-corrected chi connectivity index (χ3v) is 8.35. The molecule has 3 amide bonds. The van der Waals surface area contributed by atoms with Gasteiger partial charge >= 0.3 is 6.09 Å². The molecule has 216 valence electrons. The molecule has 1 N–H and O–H groups in total. The monoisotopic (exact) mass is 609 g/mol. The summed E-state index contributed by atoms with van der Waals surface area (Å²) >= 11 is 18.6. The number of hydrogen-bond donors (Lipinski definition) is 1. The third kappa shape index (κ3) is 6.85. The fraction of sp³-hybridized carbons (Fsp3) is 0.483. The zero-order chi connectivity index (χ0) is 29.4. The summed E-state index contributed by atoms with van der Waals surface area (Å²) in [5, 5.41) is 11.7. The highest BCUT2D eigenvalue weighted by Gasteiger charge is 2.45. The van der Waals surface area contributed by atoms with E-state index in [1.165, 1.54) is 4.90 Å². The number of ether oxygens (including phenoxy) is 1. The van der Waals surface area contributed by atoms with Crippen molar-refractivity contribution >= 4 is 52.7 Å². The summed E-state index contributed by atoms with van der Waals surface area (Å²) in [7, 11) is 1.75. The summed E-state index contributed by atoms with van der Waals surface area (Å²) in [6, 6.07) is 10.9. The third-order valence-electron chi connectivity index (χ3n) is 7.36. The summed E-state index contributed by atoms with van der Waals surface area (Å²) in [4.78, 5) is 44.8. The van der Waals surface area contributed by atoms with E-state index in [0.29, 0.717) is 33.6 Å². The Labute approximate surface area is 249 Å². The van der Waals surface area contributed by atoms with Gasteiger partial charge in [-0.15, -0.1) is 0 Å². The molecule has 11 heteroatoms. The number of carbonyl (C=O) groups excluding carboxylic acids is 3. The summed E-state index contributed by atoms with van der Waals surface area (Å²) in [6.45, 7) is 5.94. The van der Waals surface area contributed by atoms with Crippen molar-refractivity contribution in [2.24, 2.45) is 0 Å². The first-order valence-electron chi connectivity index (χ1n) is 13.2. The lowest BCUT2D eigenvalue weighted by molar-refractivity contribution is -0.137. The van der Waals surface area contributed by atoms with Crippen LogP contribution in [0, 0.1) is 0 Å². The fourth-order valence-electron chi connectivity index (χ4n) is 5.40. The first kappa shape index (κ1) is 30.4. The van der Waals surface area contributed by atoms with Crippen molar-refractivity contribution in [3.8, 4) is 0 Å². The average Bonchev–Trinajstić information content (AvgIpc) is 3.30. The van der Waals surface area contributed by atoms with Crippen molar-refractivity contribution in [3.63, 3.8) is 0 Å². The molecule has 0 saturated carbocycles. The van der Waals surface area contributed by atoms with Crippen molar-refractivity contribution in [2.75, 3.05) is 26.7 Å². The predicted octanol–water partition coefficient (Wildman–Crippen LogP) is 5.47. The topological polar surface area (TPSA) is 90.4 Å². The van der Waals surface area contributed by atoms with E-state index in [2.05, 4.69) is 0 Å². The standard InChI is InChI=1S/C29H34Cl3N3O5/c1-29(2,3)40-28(39)35-15-20(36)14-25(35)27(38)34-12-11-24(21(16-34)18-7-10-22(31)23(32)13-18)33(4)26(37)17-5-8-19(30)9-6-17/h5-10,13,20-21,24-25,36H,11-12,14-16H2,1-4H3/t20-,21+,24-,25-/m1/s1. The summed E-state index contributed by atoms with van der Waals surface area (Å²) in [6.07, 6.45) is -0.835. The van der Waals surface area contributed by atoms with Gasteiger partial charge in [0.1, 0.15) is 11.6 Å². The van der Waals surface area contributed by atoms with Gasteiger partial charge in [-0.3, -0.25) is 14.5 Å². The number of aliphatic hydroxyl groups is 1. The molecule has 4 rings (SSSR count). The zero-order valence-electron chi connectivity index (χ0n) is 22.9. The minimum atomic E-state index is -0.843. The van der Waals surface area contributed by atoms with Crippen LogP contribution in [0.25, 0.3) is 0 Å². The van der Waals surface area contributed by atoms with Crippen LogP contribution in [-0.4, -0.2) is 88.2 Å². The van der Waals surface area contributed by atoms with E-state index >= 15 is 0 Å². The van der Waals surface area contributed by atoms with Crippen LogP contribution in [0.3, 0.4) is 0 Å². The van der Waals surface area contributed by atoms with Crippen LogP contribution in [0.4, 0.5) is 4.79 Å². The van der Waals surface area contributed by atoms with E-state index in [0.717, 1.165) is 5.56 Å². The van der Waals surface area contributed by atoms with Crippen molar-refractivity contribution in [1.29, 1.82) is 0 Å². The van der Waals surface area contributed by atoms with Crippen molar-refractivity contribution in [2.45, 2.75) is 63.3 Å². The number of nitrogens with zero attached hydrogens (tertiary/aromatic N) is 3. The second-order valence-electron chi connectivity index (χ2n) is 11.4. The van der Waals surface area contributed by atoms with Crippen molar-refractivity contribution in [1.82, 2.24) is 14.7 Å². The Morgan fingerprint density at radius 1 is 1.00 bits per heavy atom. The second kappa shape index (κ2) is 12.1. The maximum absolute atomic E-state index is 13.8. The summed E-state index contributed by atoms with van der Waals surface area (Å²) in [5.74, 6) is -0.714. The Morgan fingerprint density at radius 3 is 2.30 bits per heavy atom. The predicted molar refractivity (Wildman–Crippen MR) is 155 cm³/mol. The van der Waals surface area contributed by atoms with Gasteiger partial charge in [0.25, 0.3) is 5.91 Å². The molecule has 0 unspecified atom stereocenters. The van der Waals surface area contributed by atoms with Gasteiger partial charge in [0.15, 0.2) is 0 Å². The highest BCUT2D eigenvalue weighted by Crippen LogP contribution is 2.35. The number of halogens is 3. The van der Waals surface area contributed by atoms with E-state index < -0.39 is 23.8 Å². The van der Waals surface area contributed by atoms with Gasteiger partial charge in [-0.1, -0.05) is 40.9 Å². The molecule has 2 fully saturated rings. The number of β-amino-alcohol motifs (C(OH)–C–C–N with tert-alkyl or cyclic N) is 1. The Kier molecular flexibility index (Phi) is 9.25. The van der Waals surface area contributed by atoms with Crippen LogP contribution in [-0.2, 0) is 9.53 Å². The Balaban J connectivity index is 1.60. The van der Waals surface area contributed by atoms with E-state index in [9.17, 15) is 19.5 Å². The van der Waals surface area contributed by atoms with Crippen LogP contribution < -0.4 is 0 Å². The largest absolute Gasteiger partial charge is 0.444 e. The highest BCUT2D eigenvalue weighted by molar-refractivity contribution is 6.42. The number of hydrogen-bond acceptors (Lipinski definition) is 5. The molecule has 2 aromatic carbocycles. The van der Waals surface area contributed by atoms with E-state index in [-0.39, 0.29) is 43.3 Å². The number of likely N-dealkylation sites (N-methyl/N-ethyl adjacent to an activating group) is 1. The molecule has 2 aliphatic rings. The molecule has 2 aromatic rings. The number of amides is 3. The van der Waals surface area contributed by atoms with Gasteiger partial charge in [-0.2, -0.15) is 0 Å². The zero-order valence-corrected chi connectivity index (χ0v) is 25.2. The molecule has 0 aliphatic carbocycles. The van der Waals surface area contributed by atoms with Gasteiger partial charge in [0.2, 0.25) is 5.91 Å². The van der Waals surface area contributed by atoms with Gasteiger partial charge in [-0.25, -0.2) is 4.79 Å². The van der Waals surface area contributed by atoms with Crippen LogP contribution in [0.15, 0.2) is 42.5 Å². The summed E-state index contributed by atoms with van der Waals surface area (Å²) < 4.78 is 5.50. The Morgan fingerprint density at radius 2 is 1.68 bits per heavy atom. The van der Waals surface area contributed by atoms with Crippen molar-refractivity contribution in [3.05, 3.63) is 68.7 Å². The average molecular weight is 611 g/mol. The smallest absolute Gasteiger partial charge is 0.411 e. The molecule has 0 aromatic heterocycles. The molecule has 2 heterocycles. The van der Waals surface area contributed by atoms with Gasteiger partial charge in [0.05, 0.1) is 22.7 Å². The highest BCUT2D eigenvalue weighted by atomic mass is 35.5. The lowest BCUT2D eigenvalue weighted by Gasteiger charge is -2.44. The van der Waals surface area contributed by atoms with Crippen LogP contribution in [0.5, 0.6) is 0 Å². The fourth-order valence-corrected chi connectivity index (χ4v) is 5.83. The van der Waals surface area contributed by atoms with Gasteiger partial charge in [-0.05, 0) is 69.2 Å². The molecule has 0 spiro atoms. The van der Waals surface area contributed by atoms with Gasteiger partial charge in [0, 0.05) is 49.1 Å². The molecule has 2 aliphatic heterocycles. The first-order valence-corrected chi connectivity index (χ1v) is 14.3. The number of carbonyl (C=O) groups is 3. The number of rotatable bonds is 4. The normalized spacial score (nSPS) is 23.2. The van der Waals surface area contributed by atoms with Crippen LogP contribution in [0.2, 0.25) is 15.1 Å². The number of aliphatic hydroxyl groups excluding tert-OH is 1. The molecular formula is C29H34Cl3N3O5. The minimum absolute atomic E-state index is 0.0241. The molecule has 0 radical (unpaired) electrons. The Bertz CT molecular complexity index is 1270.